The summed E-state index contributed by atoms with van der Waals surface area (Å²) in [6.45, 7) is 0.446. The fraction of sp³-hybridized carbons (Fsp3) is 0.0909. The Morgan fingerprint density at radius 1 is 1.19 bits per heavy atom. The van der Waals surface area contributed by atoms with Crippen LogP contribution < -0.4 is 5.32 Å². The van der Waals surface area contributed by atoms with E-state index in [9.17, 15) is 4.79 Å². The smallest absolute Gasteiger partial charge is 0.254 e. The van der Waals surface area contributed by atoms with Crippen LogP contribution in [0.5, 0.6) is 0 Å². The summed E-state index contributed by atoms with van der Waals surface area (Å²) >= 11 is 0. The van der Waals surface area contributed by atoms with Crippen molar-refractivity contribution in [3.8, 4) is 0 Å². The lowest BCUT2D eigenvalue weighted by Crippen LogP contribution is -2.23. The van der Waals surface area contributed by atoms with Crippen LogP contribution in [0.2, 0.25) is 0 Å². The Morgan fingerprint density at radius 3 is 2.69 bits per heavy atom. The van der Waals surface area contributed by atoms with E-state index in [1.165, 1.54) is 18.7 Å². The number of aromatic nitrogens is 3. The minimum absolute atomic E-state index is 0.190. The highest BCUT2D eigenvalue weighted by Crippen LogP contribution is 1.97. The number of rotatable bonds is 3. The first-order valence-electron chi connectivity index (χ1n) is 4.78. The molecule has 2 heterocycles. The zero-order valence-corrected chi connectivity index (χ0v) is 8.50. The van der Waals surface area contributed by atoms with Crippen LogP contribution in [-0.2, 0) is 6.54 Å². The van der Waals surface area contributed by atoms with Crippen molar-refractivity contribution in [2.75, 3.05) is 0 Å². The van der Waals surface area contributed by atoms with Gasteiger partial charge >= 0.3 is 0 Å². The summed E-state index contributed by atoms with van der Waals surface area (Å²) in [7, 11) is 0. The van der Waals surface area contributed by atoms with E-state index >= 15 is 0 Å². The van der Waals surface area contributed by atoms with Crippen LogP contribution in [0.15, 0.2) is 43.2 Å². The number of carbonyl (C=O) groups is 1. The number of carbonyl (C=O) groups excluding carboxylic acids is 1. The molecule has 0 atom stereocenters. The first-order valence-corrected chi connectivity index (χ1v) is 4.78. The van der Waals surface area contributed by atoms with Gasteiger partial charge in [-0.1, -0.05) is 6.07 Å². The third-order valence-electron chi connectivity index (χ3n) is 2.00. The number of nitrogens with zero attached hydrogens (tertiary/aromatic N) is 3. The van der Waals surface area contributed by atoms with Gasteiger partial charge in [-0.05, 0) is 11.6 Å². The van der Waals surface area contributed by atoms with Gasteiger partial charge in [0.15, 0.2) is 0 Å². The van der Waals surface area contributed by atoms with Crippen LogP contribution in [-0.4, -0.2) is 20.9 Å². The molecule has 0 fully saturated rings. The predicted molar refractivity (Wildman–Crippen MR) is 57.4 cm³/mol. The largest absolute Gasteiger partial charge is 0.348 e. The lowest BCUT2D eigenvalue weighted by Gasteiger charge is -2.03. The van der Waals surface area contributed by atoms with Crippen molar-refractivity contribution in [3.63, 3.8) is 0 Å². The molecule has 0 spiro atoms. The molecule has 0 unspecified atom stereocenters. The number of amides is 1. The molecular weight excluding hydrogens is 204 g/mol. The van der Waals surface area contributed by atoms with E-state index in [0.29, 0.717) is 12.1 Å². The number of pyridine rings is 1. The molecule has 5 nitrogen and oxygen atoms in total. The van der Waals surface area contributed by atoms with Gasteiger partial charge in [0, 0.05) is 31.3 Å². The number of hydrogen-bond acceptors (Lipinski definition) is 4. The lowest BCUT2D eigenvalue weighted by molar-refractivity contribution is 0.0950. The summed E-state index contributed by atoms with van der Waals surface area (Å²) in [5.74, 6) is -0.190. The summed E-state index contributed by atoms with van der Waals surface area (Å²) in [5.41, 5.74) is 1.40. The highest BCUT2D eigenvalue weighted by Gasteiger charge is 2.04. The SMILES string of the molecule is O=C(NCc1cccnc1)c1cncnc1. The molecule has 1 amide bonds. The minimum atomic E-state index is -0.190. The maximum Gasteiger partial charge on any atom is 0.254 e. The number of nitrogens with one attached hydrogen (secondary N) is 1. The summed E-state index contributed by atoms with van der Waals surface area (Å²) in [6, 6.07) is 3.72. The summed E-state index contributed by atoms with van der Waals surface area (Å²) in [5, 5.41) is 2.76. The van der Waals surface area contributed by atoms with Crippen LogP contribution in [0.25, 0.3) is 0 Å². The highest BCUT2D eigenvalue weighted by molar-refractivity contribution is 5.93. The average Bonchev–Trinajstić information content (AvgIpc) is 2.38. The lowest BCUT2D eigenvalue weighted by atomic mass is 10.2. The van der Waals surface area contributed by atoms with Crippen LogP contribution >= 0.6 is 0 Å². The van der Waals surface area contributed by atoms with E-state index in [0.717, 1.165) is 5.56 Å². The van der Waals surface area contributed by atoms with Gasteiger partial charge in [0.1, 0.15) is 6.33 Å². The zero-order chi connectivity index (χ0) is 11.2. The molecule has 0 saturated heterocycles. The van der Waals surface area contributed by atoms with Crippen molar-refractivity contribution in [1.29, 1.82) is 0 Å². The second-order valence-electron chi connectivity index (χ2n) is 3.17. The summed E-state index contributed by atoms with van der Waals surface area (Å²) in [4.78, 5) is 23.1. The van der Waals surface area contributed by atoms with E-state index in [1.807, 2.05) is 12.1 Å². The molecule has 5 heteroatoms. The van der Waals surface area contributed by atoms with E-state index < -0.39 is 0 Å². The molecule has 0 aromatic carbocycles. The molecule has 2 rings (SSSR count). The van der Waals surface area contributed by atoms with E-state index in [4.69, 9.17) is 0 Å². The Labute approximate surface area is 92.6 Å². The van der Waals surface area contributed by atoms with Gasteiger partial charge in [-0.15, -0.1) is 0 Å². The van der Waals surface area contributed by atoms with Gasteiger partial charge in [0.2, 0.25) is 0 Å². The highest BCUT2D eigenvalue weighted by atomic mass is 16.1. The molecule has 0 radical (unpaired) electrons. The average molecular weight is 214 g/mol. The van der Waals surface area contributed by atoms with Crippen molar-refractivity contribution in [2.45, 2.75) is 6.54 Å². The summed E-state index contributed by atoms with van der Waals surface area (Å²) < 4.78 is 0. The topological polar surface area (TPSA) is 67.8 Å². The normalized spacial score (nSPS) is 9.75. The maximum absolute atomic E-state index is 11.6. The predicted octanol–water partition coefficient (Wildman–Crippen LogP) is 0.802. The van der Waals surface area contributed by atoms with Crippen LogP contribution in [0.3, 0.4) is 0 Å². The van der Waals surface area contributed by atoms with Crippen LogP contribution in [0.1, 0.15) is 15.9 Å². The Morgan fingerprint density at radius 2 is 2.00 bits per heavy atom. The molecule has 0 aliphatic carbocycles. The summed E-state index contributed by atoms with van der Waals surface area (Å²) in [6.07, 6.45) is 7.74. The second-order valence-corrected chi connectivity index (χ2v) is 3.17. The molecule has 2 aromatic rings. The van der Waals surface area contributed by atoms with Gasteiger partial charge in [-0.2, -0.15) is 0 Å². The van der Waals surface area contributed by atoms with Gasteiger partial charge in [-0.3, -0.25) is 9.78 Å². The fourth-order valence-corrected chi connectivity index (χ4v) is 1.20. The molecule has 80 valence electrons. The molecule has 0 bridgehead atoms. The first kappa shape index (κ1) is 10.2. The molecule has 2 aromatic heterocycles. The van der Waals surface area contributed by atoms with Crippen molar-refractivity contribution in [1.82, 2.24) is 20.3 Å². The van der Waals surface area contributed by atoms with Gasteiger partial charge < -0.3 is 5.32 Å². The Kier molecular flexibility index (Phi) is 3.18. The number of hydrogen-bond donors (Lipinski definition) is 1. The minimum Gasteiger partial charge on any atom is -0.348 e. The molecule has 1 N–H and O–H groups in total. The van der Waals surface area contributed by atoms with Crippen LogP contribution in [0, 0.1) is 0 Å². The van der Waals surface area contributed by atoms with Crippen molar-refractivity contribution >= 4 is 5.91 Å². The van der Waals surface area contributed by atoms with E-state index in [2.05, 4.69) is 20.3 Å². The second kappa shape index (κ2) is 4.97. The quantitative estimate of drug-likeness (QED) is 0.820. The fourth-order valence-electron chi connectivity index (χ4n) is 1.20. The van der Waals surface area contributed by atoms with Crippen molar-refractivity contribution in [2.24, 2.45) is 0 Å². The van der Waals surface area contributed by atoms with Gasteiger partial charge in [0.05, 0.1) is 5.56 Å². The Hall–Kier alpha value is -2.30. The zero-order valence-electron chi connectivity index (χ0n) is 8.50. The van der Waals surface area contributed by atoms with Crippen molar-refractivity contribution < 1.29 is 4.79 Å². The maximum atomic E-state index is 11.6. The van der Waals surface area contributed by atoms with E-state index in [1.54, 1.807) is 12.4 Å². The molecule has 0 saturated carbocycles. The van der Waals surface area contributed by atoms with Gasteiger partial charge in [-0.25, -0.2) is 9.97 Å². The third kappa shape index (κ3) is 2.60. The first-order chi connectivity index (χ1) is 7.86. The van der Waals surface area contributed by atoms with E-state index in [-0.39, 0.29) is 5.91 Å². The Bertz CT molecular complexity index is 458. The van der Waals surface area contributed by atoms with Crippen LogP contribution in [0.4, 0.5) is 0 Å². The Balaban J connectivity index is 1.95. The molecule has 16 heavy (non-hydrogen) atoms. The third-order valence-corrected chi connectivity index (χ3v) is 2.00. The molecule has 0 aliphatic rings. The standard InChI is InChI=1S/C11H10N4O/c16-11(10-6-13-8-14-7-10)15-5-9-2-1-3-12-4-9/h1-4,6-8H,5H2,(H,15,16). The van der Waals surface area contributed by atoms with Crippen molar-refractivity contribution in [3.05, 3.63) is 54.4 Å². The molecule has 0 aliphatic heterocycles. The molecular formula is C11H10N4O. The van der Waals surface area contributed by atoms with Gasteiger partial charge in [0.25, 0.3) is 5.91 Å². The monoisotopic (exact) mass is 214 g/mol.